The Labute approximate surface area is 551 Å². The molecular formula is C80H126NO8P. The molecule has 0 heterocycles. The summed E-state index contributed by atoms with van der Waals surface area (Å²) in [6, 6.07) is 0. The highest BCUT2D eigenvalue weighted by atomic mass is 31.2. The molecule has 0 radical (unpaired) electrons. The summed E-state index contributed by atoms with van der Waals surface area (Å²) in [4.78, 5) is 38.1. The number of unbranched alkanes of at least 4 members (excludes halogenated alkanes) is 13. The molecule has 10 heteroatoms. The smallest absolute Gasteiger partial charge is 0.306 e. The van der Waals surface area contributed by atoms with Crippen LogP contribution in [-0.2, 0) is 32.7 Å². The van der Waals surface area contributed by atoms with E-state index >= 15 is 0 Å². The Morgan fingerprint density at radius 3 is 0.900 bits per heavy atom. The lowest BCUT2D eigenvalue weighted by Gasteiger charge is -2.28. The number of esters is 2. The molecule has 0 rings (SSSR count). The number of likely N-dealkylation sites (N-methyl/N-ethyl adjacent to an activating group) is 1. The molecule has 0 aliphatic rings. The van der Waals surface area contributed by atoms with E-state index in [4.69, 9.17) is 18.5 Å². The fourth-order valence-electron chi connectivity index (χ4n) is 8.55. The standard InChI is InChI=1S/C80H126NO8P/c1-6-8-10-12-14-16-18-20-22-24-26-28-30-32-34-36-37-38-39-40-41-42-43-45-47-49-51-53-55-57-59-61-63-65-67-69-71-73-80(83)89-78(77-88-90(84,85)87-75-74-81(3,4)5)76-86-79(82)72-70-68-66-64-62-60-58-56-54-52-50-48-46-44-35-33-31-29-27-25-23-21-19-17-15-13-11-9-7-2/h8-11,14-17,20-23,26-29,32-35,37-38,40-41,43,45-46,48-49,51,55,57,61,63,78H,6-7,12-13,18-19,24-25,30-31,36,39,42,44,47,50,52-54,56,58-60,62,64-77H2,1-5H3/b10-8-,11-9-,16-14-,17-15-,22-20-,23-21-,28-26-,29-27-,34-32-,35-33-,38-37-,41-40-,45-43-,48-46-,51-49-,57-55-,63-61-. The molecule has 0 aromatic rings. The zero-order valence-corrected chi connectivity index (χ0v) is 58.1. The Kier molecular flexibility index (Phi) is 63.9. The summed E-state index contributed by atoms with van der Waals surface area (Å²) in [5, 5.41) is 0. The predicted octanol–water partition coefficient (Wildman–Crippen LogP) is 22.4. The topological polar surface area (TPSA) is 111 Å². The third kappa shape index (κ3) is 71.7. The van der Waals surface area contributed by atoms with Crippen LogP contribution < -0.4 is 4.89 Å². The van der Waals surface area contributed by atoms with E-state index in [0.717, 1.165) is 154 Å². The van der Waals surface area contributed by atoms with Crippen molar-refractivity contribution < 1.29 is 42.1 Å². The Morgan fingerprint density at radius 2 is 0.600 bits per heavy atom. The molecule has 0 aliphatic heterocycles. The summed E-state index contributed by atoms with van der Waals surface area (Å²) in [5.41, 5.74) is 0. The van der Waals surface area contributed by atoms with Crippen LogP contribution in [0, 0.1) is 0 Å². The molecule has 0 amide bonds. The molecule has 504 valence electrons. The summed E-state index contributed by atoms with van der Waals surface area (Å²) < 4.78 is 34.2. The number of rotatable bonds is 61. The average Bonchev–Trinajstić information content (AvgIpc) is 3.58. The Bertz CT molecular complexity index is 2270. The van der Waals surface area contributed by atoms with Gasteiger partial charge in [0.1, 0.15) is 19.8 Å². The van der Waals surface area contributed by atoms with Crippen LogP contribution in [0.4, 0.5) is 0 Å². The molecule has 90 heavy (non-hydrogen) atoms. The number of carbonyl (C=O) groups is 2. The van der Waals surface area contributed by atoms with Gasteiger partial charge in [-0.1, -0.05) is 278 Å². The molecule has 2 atom stereocenters. The lowest BCUT2D eigenvalue weighted by Crippen LogP contribution is -2.37. The van der Waals surface area contributed by atoms with Gasteiger partial charge in [-0.25, -0.2) is 0 Å². The first-order valence-electron chi connectivity index (χ1n) is 34.8. The van der Waals surface area contributed by atoms with Crippen LogP contribution in [0.3, 0.4) is 0 Å². The molecule has 0 aromatic heterocycles. The Balaban J connectivity index is 4.23. The lowest BCUT2D eigenvalue weighted by molar-refractivity contribution is -0.870. The summed E-state index contributed by atoms with van der Waals surface area (Å²) in [6.45, 7) is 3.94. The van der Waals surface area contributed by atoms with E-state index in [1.54, 1.807) is 0 Å². The van der Waals surface area contributed by atoms with Crippen LogP contribution in [0.1, 0.15) is 232 Å². The van der Waals surface area contributed by atoms with E-state index in [0.29, 0.717) is 23.9 Å². The zero-order chi connectivity index (χ0) is 65.5. The number of carbonyl (C=O) groups excluding carboxylic acids is 2. The van der Waals surface area contributed by atoms with Crippen molar-refractivity contribution in [2.75, 3.05) is 47.5 Å². The van der Waals surface area contributed by atoms with Crippen LogP contribution in [-0.4, -0.2) is 70.0 Å². The van der Waals surface area contributed by atoms with Gasteiger partial charge in [-0.2, -0.15) is 0 Å². The molecule has 0 N–H and O–H groups in total. The highest BCUT2D eigenvalue weighted by molar-refractivity contribution is 7.45. The van der Waals surface area contributed by atoms with Gasteiger partial charge in [0.15, 0.2) is 6.10 Å². The second kappa shape index (κ2) is 68.0. The third-order valence-electron chi connectivity index (χ3n) is 13.8. The van der Waals surface area contributed by atoms with Crippen LogP contribution >= 0.6 is 7.82 Å². The van der Waals surface area contributed by atoms with Crippen LogP contribution in [0.15, 0.2) is 207 Å². The van der Waals surface area contributed by atoms with Crippen molar-refractivity contribution in [3.8, 4) is 0 Å². The second-order valence-electron chi connectivity index (χ2n) is 23.4. The number of ether oxygens (including phenoxy) is 2. The van der Waals surface area contributed by atoms with Crippen molar-refractivity contribution in [1.82, 2.24) is 0 Å². The lowest BCUT2D eigenvalue weighted by atomic mass is 10.1. The Hall–Kier alpha value is -5.41. The molecule has 9 nitrogen and oxygen atoms in total. The minimum absolute atomic E-state index is 0.0503. The molecule has 0 saturated heterocycles. The summed E-state index contributed by atoms with van der Waals surface area (Å²) in [6.07, 6.45) is 108. The van der Waals surface area contributed by atoms with E-state index in [1.165, 1.54) is 38.5 Å². The van der Waals surface area contributed by atoms with Gasteiger partial charge in [-0.05, 0) is 148 Å². The normalized spacial score (nSPS) is 14.4. The van der Waals surface area contributed by atoms with E-state index in [1.807, 2.05) is 21.1 Å². The summed E-state index contributed by atoms with van der Waals surface area (Å²) in [5.74, 6) is -0.893. The predicted molar refractivity (Wildman–Crippen MR) is 387 cm³/mol. The molecule has 0 bridgehead atoms. The summed E-state index contributed by atoms with van der Waals surface area (Å²) in [7, 11) is 1.11. The van der Waals surface area contributed by atoms with Gasteiger partial charge in [0.2, 0.25) is 0 Å². The largest absolute Gasteiger partial charge is 0.756 e. The van der Waals surface area contributed by atoms with Gasteiger partial charge in [0.25, 0.3) is 7.82 Å². The second-order valence-corrected chi connectivity index (χ2v) is 24.8. The number of quaternary nitrogens is 1. The number of nitrogens with zero attached hydrogens (tertiary/aromatic N) is 1. The van der Waals surface area contributed by atoms with E-state index in [-0.39, 0.29) is 26.1 Å². The summed E-state index contributed by atoms with van der Waals surface area (Å²) >= 11 is 0. The van der Waals surface area contributed by atoms with Gasteiger partial charge < -0.3 is 27.9 Å². The highest BCUT2D eigenvalue weighted by Crippen LogP contribution is 2.38. The molecule has 2 unspecified atom stereocenters. The van der Waals surface area contributed by atoms with Gasteiger partial charge in [-0.15, -0.1) is 0 Å². The SMILES string of the molecule is CC/C=C\C/C=C\C/C=C\C/C=C\C/C=C\C/C=C\C/C=C\C/C=C\C/C=C\C/C=C\C/C=C\CCCCCC(=O)OC(COC(=O)CCCCCCCCCCCC/C=C\C/C=C\C/C=C\C/C=C\C/C=C\C/C=C\CC)COP(=O)([O-])OCC[N+](C)(C)C. The van der Waals surface area contributed by atoms with Gasteiger partial charge in [0.05, 0.1) is 27.7 Å². The van der Waals surface area contributed by atoms with Crippen LogP contribution in [0.25, 0.3) is 0 Å². The van der Waals surface area contributed by atoms with Crippen molar-refractivity contribution in [2.45, 2.75) is 238 Å². The average molecular weight is 1260 g/mol. The molecule has 0 spiro atoms. The fourth-order valence-corrected chi connectivity index (χ4v) is 9.27. The van der Waals surface area contributed by atoms with Crippen molar-refractivity contribution >= 4 is 19.8 Å². The fraction of sp³-hybridized carbons (Fsp3) is 0.550. The van der Waals surface area contributed by atoms with E-state index in [2.05, 4.69) is 220 Å². The van der Waals surface area contributed by atoms with Crippen molar-refractivity contribution in [1.29, 1.82) is 0 Å². The maximum Gasteiger partial charge on any atom is 0.306 e. The monoisotopic (exact) mass is 1260 g/mol. The van der Waals surface area contributed by atoms with Crippen molar-refractivity contribution in [3.63, 3.8) is 0 Å². The molecule has 0 fully saturated rings. The first-order chi connectivity index (χ1) is 44.0. The number of phosphoric acid groups is 1. The van der Waals surface area contributed by atoms with Gasteiger partial charge in [0, 0.05) is 12.8 Å². The molecule has 0 aromatic carbocycles. The molecular weight excluding hydrogens is 1130 g/mol. The number of allylic oxidation sites excluding steroid dienone is 34. The highest BCUT2D eigenvalue weighted by Gasteiger charge is 2.22. The quantitative estimate of drug-likeness (QED) is 0.0195. The van der Waals surface area contributed by atoms with Gasteiger partial charge in [-0.3, -0.25) is 14.2 Å². The number of phosphoric ester groups is 1. The van der Waals surface area contributed by atoms with Crippen molar-refractivity contribution in [2.24, 2.45) is 0 Å². The van der Waals surface area contributed by atoms with Crippen LogP contribution in [0.5, 0.6) is 0 Å². The molecule has 0 saturated carbocycles. The maximum absolute atomic E-state index is 12.9. The first-order valence-corrected chi connectivity index (χ1v) is 36.3. The van der Waals surface area contributed by atoms with E-state index in [9.17, 15) is 19.0 Å². The Morgan fingerprint density at radius 1 is 0.344 bits per heavy atom. The first kappa shape index (κ1) is 84.6. The van der Waals surface area contributed by atoms with Gasteiger partial charge >= 0.3 is 11.9 Å². The van der Waals surface area contributed by atoms with Crippen molar-refractivity contribution in [3.05, 3.63) is 207 Å². The minimum atomic E-state index is -4.67. The zero-order valence-electron chi connectivity index (χ0n) is 57.2. The number of hydrogen-bond acceptors (Lipinski definition) is 8. The van der Waals surface area contributed by atoms with E-state index < -0.39 is 32.5 Å². The number of hydrogen-bond donors (Lipinski definition) is 0. The third-order valence-corrected chi connectivity index (χ3v) is 14.8. The van der Waals surface area contributed by atoms with Crippen LogP contribution in [0.2, 0.25) is 0 Å². The maximum atomic E-state index is 12.9. The molecule has 0 aliphatic carbocycles. The minimum Gasteiger partial charge on any atom is -0.756 e.